The number of anilines is 1. The topological polar surface area (TPSA) is 64.1 Å². The molecule has 1 aromatic heterocycles. The van der Waals surface area contributed by atoms with Crippen LogP contribution in [0.4, 0.5) is 5.69 Å². The highest BCUT2D eigenvalue weighted by Crippen LogP contribution is 2.50. The first-order valence-corrected chi connectivity index (χ1v) is 6.98. The number of hydrogen-bond acceptors (Lipinski definition) is 3. The van der Waals surface area contributed by atoms with Gasteiger partial charge in [0.25, 0.3) is 0 Å². The van der Waals surface area contributed by atoms with E-state index in [-0.39, 0.29) is 0 Å². The molecule has 0 bridgehead atoms. The van der Waals surface area contributed by atoms with Gasteiger partial charge in [-0.05, 0) is 49.8 Å². The minimum absolute atomic E-state index is 0.415. The van der Waals surface area contributed by atoms with E-state index in [9.17, 15) is 5.11 Å². The smallest absolute Gasteiger partial charge is 0.138 e. The summed E-state index contributed by atoms with van der Waals surface area (Å²) in [4.78, 5) is 4.55. The molecule has 1 aromatic carbocycles. The molecule has 4 heteroatoms. The number of aliphatic hydroxyl groups excluding tert-OH is 1. The maximum absolute atomic E-state index is 9.95. The lowest BCUT2D eigenvalue weighted by Gasteiger charge is -2.17. The first kappa shape index (κ1) is 12.5. The monoisotopic (exact) mass is 259 g/mol. The zero-order valence-electron chi connectivity index (χ0n) is 11.6. The van der Waals surface area contributed by atoms with Gasteiger partial charge in [0.2, 0.25) is 0 Å². The molecule has 1 unspecified atom stereocenters. The van der Waals surface area contributed by atoms with Crippen molar-refractivity contribution in [3.63, 3.8) is 0 Å². The lowest BCUT2D eigenvalue weighted by molar-refractivity contribution is 0.181. The first-order valence-electron chi connectivity index (χ1n) is 6.98. The second-order valence-electron chi connectivity index (χ2n) is 5.83. The van der Waals surface area contributed by atoms with E-state index in [0.717, 1.165) is 23.4 Å². The van der Waals surface area contributed by atoms with E-state index in [0.29, 0.717) is 11.1 Å². The molecule has 19 heavy (non-hydrogen) atoms. The molecule has 3 N–H and O–H groups in total. The first-order chi connectivity index (χ1) is 9.04. The van der Waals surface area contributed by atoms with Crippen LogP contribution in [0.2, 0.25) is 0 Å². The number of hydrogen-bond donors (Lipinski definition) is 2. The Bertz CT molecular complexity index is 611. The molecule has 0 radical (unpaired) electrons. The van der Waals surface area contributed by atoms with Crippen LogP contribution in [0.15, 0.2) is 18.2 Å². The normalized spacial score (nSPS) is 18.7. The average molecular weight is 259 g/mol. The number of imidazole rings is 1. The van der Waals surface area contributed by atoms with Crippen molar-refractivity contribution in [2.45, 2.75) is 45.8 Å². The standard InChI is InChI=1S/C15H21N3O/c1-3-15(6-7-15)9-18-13-5-4-11(16)8-12(13)17-14(18)10(2)19/h4-5,8,10,19H,3,6-7,9,16H2,1-2H3. The van der Waals surface area contributed by atoms with E-state index in [1.165, 1.54) is 19.3 Å². The summed E-state index contributed by atoms with van der Waals surface area (Å²) in [5.41, 5.74) is 8.89. The molecular formula is C15H21N3O. The van der Waals surface area contributed by atoms with Crippen molar-refractivity contribution in [1.82, 2.24) is 9.55 Å². The second-order valence-corrected chi connectivity index (χ2v) is 5.83. The van der Waals surface area contributed by atoms with Gasteiger partial charge < -0.3 is 15.4 Å². The Hall–Kier alpha value is -1.55. The summed E-state index contributed by atoms with van der Waals surface area (Å²) < 4.78 is 2.18. The van der Waals surface area contributed by atoms with Gasteiger partial charge in [-0.15, -0.1) is 0 Å². The van der Waals surface area contributed by atoms with Crippen molar-refractivity contribution in [2.75, 3.05) is 5.73 Å². The highest BCUT2D eigenvalue weighted by atomic mass is 16.3. The number of nitrogens with two attached hydrogens (primary N) is 1. The number of rotatable bonds is 4. The molecule has 3 rings (SSSR count). The Balaban J connectivity index is 2.11. The lowest BCUT2D eigenvalue weighted by Crippen LogP contribution is -2.14. The summed E-state index contributed by atoms with van der Waals surface area (Å²) in [5.74, 6) is 0.750. The maximum Gasteiger partial charge on any atom is 0.138 e. The van der Waals surface area contributed by atoms with Crippen molar-refractivity contribution in [3.05, 3.63) is 24.0 Å². The summed E-state index contributed by atoms with van der Waals surface area (Å²) in [5, 5.41) is 9.95. The van der Waals surface area contributed by atoms with E-state index in [1.54, 1.807) is 6.92 Å². The molecule has 1 heterocycles. The molecule has 1 fully saturated rings. The van der Waals surface area contributed by atoms with Gasteiger partial charge in [-0.3, -0.25) is 0 Å². The zero-order chi connectivity index (χ0) is 13.6. The molecule has 1 saturated carbocycles. The molecular weight excluding hydrogens is 238 g/mol. The minimum Gasteiger partial charge on any atom is -0.399 e. The largest absolute Gasteiger partial charge is 0.399 e. The Morgan fingerprint density at radius 1 is 1.47 bits per heavy atom. The predicted octanol–water partition coefficient (Wildman–Crippen LogP) is 2.86. The van der Waals surface area contributed by atoms with Crippen molar-refractivity contribution in [1.29, 1.82) is 0 Å². The minimum atomic E-state index is -0.554. The average Bonchev–Trinajstić information content (AvgIpc) is 3.06. The maximum atomic E-state index is 9.95. The van der Waals surface area contributed by atoms with Gasteiger partial charge in [0.05, 0.1) is 11.0 Å². The van der Waals surface area contributed by atoms with Crippen LogP contribution in [0.1, 0.15) is 45.0 Å². The van der Waals surface area contributed by atoms with Gasteiger partial charge in [-0.2, -0.15) is 0 Å². The Kier molecular flexibility index (Phi) is 2.78. The van der Waals surface area contributed by atoms with Crippen LogP contribution in [-0.4, -0.2) is 14.7 Å². The number of aromatic nitrogens is 2. The molecule has 0 aliphatic heterocycles. The SMILES string of the molecule is CCC1(Cn2c(C(C)O)nc3cc(N)ccc32)CC1. The van der Waals surface area contributed by atoms with Crippen LogP contribution in [0, 0.1) is 5.41 Å². The molecule has 0 spiro atoms. The van der Waals surface area contributed by atoms with Crippen LogP contribution < -0.4 is 5.73 Å². The van der Waals surface area contributed by atoms with E-state index in [2.05, 4.69) is 16.5 Å². The third-order valence-electron chi connectivity index (χ3n) is 4.38. The van der Waals surface area contributed by atoms with Gasteiger partial charge >= 0.3 is 0 Å². The van der Waals surface area contributed by atoms with Crippen LogP contribution in [0.25, 0.3) is 11.0 Å². The summed E-state index contributed by atoms with van der Waals surface area (Å²) in [6.45, 7) is 4.96. The summed E-state index contributed by atoms with van der Waals surface area (Å²) in [6, 6.07) is 5.79. The molecule has 4 nitrogen and oxygen atoms in total. The zero-order valence-corrected chi connectivity index (χ0v) is 11.6. The highest BCUT2D eigenvalue weighted by molar-refractivity contribution is 5.79. The van der Waals surface area contributed by atoms with Crippen LogP contribution in [0.3, 0.4) is 0 Å². The highest BCUT2D eigenvalue weighted by Gasteiger charge is 2.41. The fourth-order valence-corrected chi connectivity index (χ4v) is 2.79. The van der Waals surface area contributed by atoms with Crippen LogP contribution >= 0.6 is 0 Å². The third-order valence-corrected chi connectivity index (χ3v) is 4.38. The van der Waals surface area contributed by atoms with Gasteiger partial charge in [0, 0.05) is 12.2 Å². The van der Waals surface area contributed by atoms with E-state index < -0.39 is 6.10 Å². The van der Waals surface area contributed by atoms with Crippen LogP contribution in [0.5, 0.6) is 0 Å². The quantitative estimate of drug-likeness (QED) is 0.830. The lowest BCUT2D eigenvalue weighted by atomic mass is 10.0. The molecule has 0 amide bonds. The number of aliphatic hydroxyl groups is 1. The molecule has 1 atom stereocenters. The summed E-state index contributed by atoms with van der Waals surface area (Å²) >= 11 is 0. The van der Waals surface area contributed by atoms with E-state index in [1.807, 2.05) is 18.2 Å². The van der Waals surface area contributed by atoms with Gasteiger partial charge in [0.1, 0.15) is 11.9 Å². The van der Waals surface area contributed by atoms with Gasteiger partial charge in [0.15, 0.2) is 0 Å². The van der Waals surface area contributed by atoms with Gasteiger partial charge in [-0.1, -0.05) is 6.92 Å². The van der Waals surface area contributed by atoms with Crippen molar-refractivity contribution in [3.8, 4) is 0 Å². The summed E-state index contributed by atoms with van der Waals surface area (Å²) in [6.07, 6.45) is 3.18. The Morgan fingerprint density at radius 3 is 2.79 bits per heavy atom. The van der Waals surface area contributed by atoms with Crippen LogP contribution in [-0.2, 0) is 6.54 Å². The van der Waals surface area contributed by atoms with Crippen molar-refractivity contribution >= 4 is 16.7 Å². The van der Waals surface area contributed by atoms with Gasteiger partial charge in [-0.25, -0.2) is 4.98 Å². The number of nitrogens with zero attached hydrogens (tertiary/aromatic N) is 2. The molecule has 2 aromatic rings. The van der Waals surface area contributed by atoms with Crippen molar-refractivity contribution in [2.24, 2.45) is 5.41 Å². The van der Waals surface area contributed by atoms with Crippen molar-refractivity contribution < 1.29 is 5.11 Å². The summed E-state index contributed by atoms with van der Waals surface area (Å²) in [7, 11) is 0. The van der Waals surface area contributed by atoms with E-state index >= 15 is 0 Å². The Labute approximate surface area is 113 Å². The molecule has 1 aliphatic rings. The van der Waals surface area contributed by atoms with E-state index in [4.69, 9.17) is 5.73 Å². The fraction of sp³-hybridized carbons (Fsp3) is 0.533. The number of benzene rings is 1. The molecule has 1 aliphatic carbocycles. The Morgan fingerprint density at radius 2 is 2.21 bits per heavy atom. The fourth-order valence-electron chi connectivity index (χ4n) is 2.79. The third kappa shape index (κ3) is 2.10. The second kappa shape index (κ2) is 4.23. The number of fused-ring (bicyclic) bond motifs is 1. The molecule has 0 saturated heterocycles. The molecule has 102 valence electrons. The predicted molar refractivity (Wildman–Crippen MR) is 76.7 cm³/mol. The number of nitrogen functional groups attached to an aromatic ring is 1.